The molecule has 6 heteroatoms. The minimum absolute atomic E-state index is 0.188. The summed E-state index contributed by atoms with van der Waals surface area (Å²) < 4.78 is 2.57. The summed E-state index contributed by atoms with van der Waals surface area (Å²) in [7, 11) is 1.84. The molecule has 0 aromatic carbocycles. The molecular weight excluding hydrogens is 272 g/mol. The van der Waals surface area contributed by atoms with Gasteiger partial charge in [-0.3, -0.25) is 4.79 Å². The van der Waals surface area contributed by atoms with Gasteiger partial charge in [0.05, 0.1) is 17.9 Å². The van der Waals surface area contributed by atoms with E-state index in [2.05, 4.69) is 31.1 Å². The van der Waals surface area contributed by atoms with E-state index in [0.717, 1.165) is 20.9 Å². The number of pyridine rings is 1. The number of hydrogen-bond donors (Lipinski definition) is 1. The maximum absolute atomic E-state index is 11.7. The number of rotatable bonds is 0. The molecule has 0 atom stereocenters. The lowest BCUT2D eigenvalue weighted by Gasteiger charge is -1.95. The maximum atomic E-state index is 11.7. The van der Waals surface area contributed by atoms with E-state index in [1.807, 2.05) is 17.7 Å². The second-order valence-corrected chi connectivity index (χ2v) is 4.36. The SMILES string of the molecule is Cn1c2cnc(Br)cc2c2cn[nH]c(=O)c21. The van der Waals surface area contributed by atoms with Crippen molar-refractivity contribution in [3.05, 3.63) is 33.4 Å². The quantitative estimate of drug-likeness (QED) is 0.635. The number of halogens is 1. The largest absolute Gasteiger partial charge is 0.338 e. The fraction of sp³-hybridized carbons (Fsp3) is 0.100. The van der Waals surface area contributed by atoms with Crippen molar-refractivity contribution < 1.29 is 0 Å². The van der Waals surface area contributed by atoms with Crippen LogP contribution < -0.4 is 5.56 Å². The van der Waals surface area contributed by atoms with E-state index in [1.54, 1.807) is 12.4 Å². The van der Waals surface area contributed by atoms with Crippen LogP contribution in [0.2, 0.25) is 0 Å². The molecule has 0 fully saturated rings. The second-order valence-electron chi connectivity index (χ2n) is 3.54. The Morgan fingerprint density at radius 3 is 3.00 bits per heavy atom. The minimum atomic E-state index is -0.188. The second kappa shape index (κ2) is 3.15. The number of nitrogens with one attached hydrogen (secondary N) is 1. The molecule has 0 aliphatic heterocycles. The van der Waals surface area contributed by atoms with Gasteiger partial charge < -0.3 is 4.57 Å². The van der Waals surface area contributed by atoms with Crippen LogP contribution in [-0.4, -0.2) is 19.7 Å². The van der Waals surface area contributed by atoms with E-state index < -0.39 is 0 Å². The zero-order valence-electron chi connectivity index (χ0n) is 8.36. The Hall–Kier alpha value is -1.69. The van der Waals surface area contributed by atoms with E-state index in [1.165, 1.54) is 0 Å². The highest BCUT2D eigenvalue weighted by Crippen LogP contribution is 2.26. The zero-order valence-corrected chi connectivity index (χ0v) is 9.95. The Kier molecular flexibility index (Phi) is 1.88. The molecule has 5 nitrogen and oxygen atoms in total. The summed E-state index contributed by atoms with van der Waals surface area (Å²) in [5.41, 5.74) is 1.34. The molecule has 0 saturated carbocycles. The lowest BCUT2D eigenvalue weighted by atomic mass is 10.2. The Morgan fingerprint density at radius 1 is 1.38 bits per heavy atom. The predicted octanol–water partition coefficient (Wildman–Crippen LogP) is 1.57. The van der Waals surface area contributed by atoms with Gasteiger partial charge >= 0.3 is 0 Å². The van der Waals surface area contributed by atoms with Crippen molar-refractivity contribution in [2.45, 2.75) is 0 Å². The number of aromatic amines is 1. The highest BCUT2D eigenvalue weighted by Gasteiger charge is 2.11. The fourth-order valence-corrected chi connectivity index (χ4v) is 2.28. The van der Waals surface area contributed by atoms with Crippen LogP contribution in [0.5, 0.6) is 0 Å². The molecular formula is C10H7BrN4O. The maximum Gasteiger partial charge on any atom is 0.288 e. The first-order chi connectivity index (χ1) is 7.68. The average Bonchev–Trinajstić information content (AvgIpc) is 2.54. The van der Waals surface area contributed by atoms with Gasteiger partial charge in [-0.05, 0) is 22.0 Å². The standard InChI is InChI=1S/C10H7BrN4O/c1-15-7-4-12-8(11)2-5(7)6-3-13-14-10(16)9(6)15/h2-4H,1H3,(H,14,16). The normalized spacial score (nSPS) is 11.4. The number of hydrogen-bond acceptors (Lipinski definition) is 3. The Morgan fingerprint density at radius 2 is 2.19 bits per heavy atom. The summed E-state index contributed by atoms with van der Waals surface area (Å²) in [6, 6.07) is 1.89. The van der Waals surface area contributed by atoms with Gasteiger partial charge in [0, 0.05) is 17.8 Å². The summed E-state index contributed by atoms with van der Waals surface area (Å²) in [6.45, 7) is 0. The molecule has 0 unspecified atom stereocenters. The minimum Gasteiger partial charge on any atom is -0.338 e. The van der Waals surface area contributed by atoms with Gasteiger partial charge in [0.25, 0.3) is 5.56 Å². The van der Waals surface area contributed by atoms with Gasteiger partial charge in [-0.15, -0.1) is 0 Å². The molecule has 0 radical (unpaired) electrons. The summed E-state index contributed by atoms with van der Waals surface area (Å²) in [5, 5.41) is 8.06. The van der Waals surface area contributed by atoms with Crippen molar-refractivity contribution in [2.24, 2.45) is 7.05 Å². The van der Waals surface area contributed by atoms with Gasteiger partial charge in [-0.25, -0.2) is 10.1 Å². The molecule has 3 aromatic heterocycles. The number of nitrogens with zero attached hydrogens (tertiary/aromatic N) is 3. The molecule has 0 amide bonds. The predicted molar refractivity (Wildman–Crippen MR) is 64.3 cm³/mol. The van der Waals surface area contributed by atoms with E-state index in [4.69, 9.17) is 0 Å². The summed E-state index contributed by atoms with van der Waals surface area (Å²) in [4.78, 5) is 15.8. The first kappa shape index (κ1) is 9.53. The first-order valence-electron chi connectivity index (χ1n) is 4.66. The Bertz CT molecular complexity index is 758. The molecule has 1 N–H and O–H groups in total. The van der Waals surface area contributed by atoms with Crippen LogP contribution in [0.4, 0.5) is 0 Å². The lowest BCUT2D eigenvalue weighted by Crippen LogP contribution is -2.10. The lowest BCUT2D eigenvalue weighted by molar-refractivity contribution is 0.956. The van der Waals surface area contributed by atoms with E-state index in [0.29, 0.717) is 5.52 Å². The molecule has 80 valence electrons. The molecule has 3 rings (SSSR count). The molecule has 0 saturated heterocycles. The molecule has 16 heavy (non-hydrogen) atoms. The van der Waals surface area contributed by atoms with Gasteiger partial charge in [-0.1, -0.05) is 0 Å². The van der Waals surface area contributed by atoms with Crippen LogP contribution in [0.3, 0.4) is 0 Å². The van der Waals surface area contributed by atoms with Crippen LogP contribution in [0, 0.1) is 0 Å². The van der Waals surface area contributed by atoms with E-state index >= 15 is 0 Å². The highest BCUT2D eigenvalue weighted by atomic mass is 79.9. The van der Waals surface area contributed by atoms with Crippen molar-refractivity contribution in [1.29, 1.82) is 0 Å². The van der Waals surface area contributed by atoms with Gasteiger partial charge in [-0.2, -0.15) is 5.10 Å². The van der Waals surface area contributed by atoms with Gasteiger partial charge in [0.15, 0.2) is 0 Å². The topological polar surface area (TPSA) is 63.6 Å². The molecule has 0 bridgehead atoms. The third-order valence-corrected chi connectivity index (χ3v) is 3.10. The van der Waals surface area contributed by atoms with Crippen molar-refractivity contribution in [1.82, 2.24) is 19.7 Å². The molecule has 0 aliphatic rings. The van der Waals surface area contributed by atoms with Crippen LogP contribution in [0.15, 0.2) is 27.9 Å². The number of aromatic nitrogens is 4. The monoisotopic (exact) mass is 278 g/mol. The zero-order chi connectivity index (χ0) is 11.3. The van der Waals surface area contributed by atoms with Crippen molar-refractivity contribution in [3.8, 4) is 0 Å². The number of H-pyrrole nitrogens is 1. The highest BCUT2D eigenvalue weighted by molar-refractivity contribution is 9.10. The Labute approximate surface area is 98.2 Å². The fourth-order valence-electron chi connectivity index (χ4n) is 1.95. The smallest absolute Gasteiger partial charge is 0.288 e. The van der Waals surface area contributed by atoms with Gasteiger partial charge in [0.2, 0.25) is 0 Å². The summed E-state index contributed by atoms with van der Waals surface area (Å²) >= 11 is 3.32. The van der Waals surface area contributed by atoms with Crippen LogP contribution in [0.1, 0.15) is 0 Å². The Balaban J connectivity index is 2.71. The number of fused-ring (bicyclic) bond motifs is 3. The third-order valence-electron chi connectivity index (χ3n) is 2.67. The molecule has 0 aliphatic carbocycles. The first-order valence-corrected chi connectivity index (χ1v) is 5.45. The van der Waals surface area contributed by atoms with E-state index in [9.17, 15) is 4.79 Å². The van der Waals surface area contributed by atoms with Crippen molar-refractivity contribution in [2.75, 3.05) is 0 Å². The van der Waals surface area contributed by atoms with E-state index in [-0.39, 0.29) is 5.56 Å². The van der Waals surface area contributed by atoms with Crippen molar-refractivity contribution >= 4 is 37.7 Å². The average molecular weight is 279 g/mol. The summed E-state index contributed by atoms with van der Waals surface area (Å²) in [6.07, 6.45) is 3.39. The summed E-state index contributed by atoms with van der Waals surface area (Å²) in [5.74, 6) is 0. The molecule has 3 aromatic rings. The van der Waals surface area contributed by atoms with Crippen LogP contribution in [-0.2, 0) is 7.05 Å². The molecule has 3 heterocycles. The van der Waals surface area contributed by atoms with Gasteiger partial charge in [0.1, 0.15) is 10.1 Å². The third kappa shape index (κ3) is 1.13. The molecule has 0 spiro atoms. The van der Waals surface area contributed by atoms with Crippen LogP contribution >= 0.6 is 15.9 Å². The van der Waals surface area contributed by atoms with Crippen molar-refractivity contribution in [3.63, 3.8) is 0 Å². The van der Waals surface area contributed by atoms with Crippen LogP contribution in [0.25, 0.3) is 21.8 Å². The number of aryl methyl sites for hydroxylation is 1.